The van der Waals surface area contributed by atoms with Crippen LogP contribution in [-0.4, -0.2) is 43.9 Å². The van der Waals surface area contributed by atoms with Crippen molar-refractivity contribution in [2.75, 3.05) is 26.8 Å². The Morgan fingerprint density at radius 3 is 2.55 bits per heavy atom. The lowest BCUT2D eigenvalue weighted by Gasteiger charge is -2.17. The van der Waals surface area contributed by atoms with E-state index in [1.165, 1.54) is 6.92 Å². The van der Waals surface area contributed by atoms with Crippen molar-refractivity contribution < 1.29 is 14.3 Å². The van der Waals surface area contributed by atoms with Crippen molar-refractivity contribution in [2.24, 2.45) is 0 Å². The van der Waals surface area contributed by atoms with Gasteiger partial charge in [0.05, 0.1) is 19.8 Å². The first-order valence-corrected chi connectivity index (χ1v) is 3.65. The average Bonchev–Trinajstić information content (AvgIpc) is 2.39. The Morgan fingerprint density at radius 1 is 1.55 bits per heavy atom. The van der Waals surface area contributed by atoms with Gasteiger partial charge in [-0.1, -0.05) is 0 Å². The smallest absolute Gasteiger partial charge is 0.219 e. The fourth-order valence-corrected chi connectivity index (χ4v) is 0.865. The molecular weight excluding hydrogens is 146 g/mol. The molecule has 1 rings (SSSR count). The molecule has 0 radical (unpaired) electrons. The van der Waals surface area contributed by atoms with Gasteiger partial charge in [-0.25, -0.2) is 0 Å². The van der Waals surface area contributed by atoms with Gasteiger partial charge in [-0.2, -0.15) is 0 Å². The maximum Gasteiger partial charge on any atom is 0.219 e. The summed E-state index contributed by atoms with van der Waals surface area (Å²) in [5.41, 5.74) is 0. The zero-order chi connectivity index (χ0) is 8.27. The van der Waals surface area contributed by atoms with Crippen LogP contribution in [0.2, 0.25) is 0 Å². The van der Waals surface area contributed by atoms with Gasteiger partial charge in [0.2, 0.25) is 5.91 Å². The van der Waals surface area contributed by atoms with Crippen LogP contribution in [0.15, 0.2) is 0 Å². The number of nitrogens with zero attached hydrogens (tertiary/aromatic N) is 1. The zero-order valence-corrected chi connectivity index (χ0v) is 6.87. The highest BCUT2D eigenvalue weighted by molar-refractivity contribution is 5.72. The van der Waals surface area contributed by atoms with Crippen molar-refractivity contribution in [3.63, 3.8) is 0 Å². The molecule has 0 aromatic heterocycles. The summed E-state index contributed by atoms with van der Waals surface area (Å²) in [5.74, 6) is 0.0316. The summed E-state index contributed by atoms with van der Waals surface area (Å²) in [6.45, 7) is 3.32. The molecule has 0 unspecified atom stereocenters. The minimum atomic E-state index is -0.219. The molecule has 1 heterocycles. The highest BCUT2D eigenvalue weighted by atomic mass is 16.7. The number of amides is 1. The molecule has 1 fully saturated rings. The van der Waals surface area contributed by atoms with Gasteiger partial charge in [0, 0.05) is 14.0 Å². The molecule has 4 nitrogen and oxygen atoms in total. The van der Waals surface area contributed by atoms with Crippen molar-refractivity contribution in [1.29, 1.82) is 0 Å². The van der Waals surface area contributed by atoms with Gasteiger partial charge in [-0.15, -0.1) is 0 Å². The summed E-state index contributed by atoms with van der Waals surface area (Å²) in [6.07, 6.45) is -0.219. The first-order chi connectivity index (χ1) is 5.20. The SMILES string of the molecule is CC(=O)N(C)CC1OCCO1. The van der Waals surface area contributed by atoms with E-state index >= 15 is 0 Å². The first kappa shape index (κ1) is 8.49. The predicted molar refractivity (Wildman–Crippen MR) is 39.0 cm³/mol. The summed E-state index contributed by atoms with van der Waals surface area (Å²) in [6, 6.07) is 0. The molecule has 4 heteroatoms. The van der Waals surface area contributed by atoms with E-state index < -0.39 is 0 Å². The van der Waals surface area contributed by atoms with E-state index in [0.29, 0.717) is 19.8 Å². The van der Waals surface area contributed by atoms with Gasteiger partial charge in [-0.05, 0) is 0 Å². The third-order valence-corrected chi connectivity index (χ3v) is 1.65. The number of carbonyl (C=O) groups is 1. The molecule has 1 saturated heterocycles. The second kappa shape index (κ2) is 3.69. The van der Waals surface area contributed by atoms with E-state index in [-0.39, 0.29) is 12.2 Å². The highest BCUT2D eigenvalue weighted by Crippen LogP contribution is 2.04. The molecule has 0 saturated carbocycles. The molecule has 0 aromatic carbocycles. The third kappa shape index (κ3) is 2.48. The van der Waals surface area contributed by atoms with Gasteiger partial charge in [0.15, 0.2) is 6.29 Å². The molecule has 0 aliphatic carbocycles. The fourth-order valence-electron chi connectivity index (χ4n) is 0.865. The van der Waals surface area contributed by atoms with Crippen LogP contribution in [0.25, 0.3) is 0 Å². The third-order valence-electron chi connectivity index (χ3n) is 1.65. The first-order valence-electron chi connectivity index (χ1n) is 3.65. The minimum absolute atomic E-state index is 0.0316. The van der Waals surface area contributed by atoms with Crippen LogP contribution < -0.4 is 0 Å². The Labute approximate surface area is 66.1 Å². The molecule has 0 atom stereocenters. The van der Waals surface area contributed by atoms with Crippen molar-refractivity contribution in [3.05, 3.63) is 0 Å². The summed E-state index contributed by atoms with van der Waals surface area (Å²) in [7, 11) is 1.73. The Morgan fingerprint density at radius 2 is 2.09 bits per heavy atom. The summed E-state index contributed by atoms with van der Waals surface area (Å²) < 4.78 is 10.3. The lowest BCUT2D eigenvalue weighted by molar-refractivity contribution is -0.133. The molecule has 1 aliphatic heterocycles. The predicted octanol–water partition coefficient (Wildman–Crippen LogP) is -0.162. The van der Waals surface area contributed by atoms with Crippen molar-refractivity contribution in [3.8, 4) is 0 Å². The molecular formula is C7H13NO3. The Hall–Kier alpha value is -0.610. The number of hydrogen-bond acceptors (Lipinski definition) is 3. The lowest BCUT2D eigenvalue weighted by Crippen LogP contribution is -2.33. The highest BCUT2D eigenvalue weighted by Gasteiger charge is 2.18. The van der Waals surface area contributed by atoms with Crippen LogP contribution >= 0.6 is 0 Å². The number of carbonyl (C=O) groups excluding carboxylic acids is 1. The molecule has 1 aliphatic rings. The second-order valence-corrected chi connectivity index (χ2v) is 2.57. The quantitative estimate of drug-likeness (QED) is 0.562. The van der Waals surface area contributed by atoms with E-state index in [4.69, 9.17) is 9.47 Å². The molecule has 0 bridgehead atoms. The van der Waals surface area contributed by atoms with Gasteiger partial charge in [0.25, 0.3) is 0 Å². The summed E-state index contributed by atoms with van der Waals surface area (Å²) in [4.78, 5) is 12.3. The number of rotatable bonds is 2. The van der Waals surface area contributed by atoms with Crippen LogP contribution in [-0.2, 0) is 14.3 Å². The van der Waals surface area contributed by atoms with E-state index in [2.05, 4.69) is 0 Å². The van der Waals surface area contributed by atoms with Crippen molar-refractivity contribution in [1.82, 2.24) is 4.90 Å². The van der Waals surface area contributed by atoms with E-state index in [0.717, 1.165) is 0 Å². The molecule has 0 aromatic rings. The van der Waals surface area contributed by atoms with Crippen LogP contribution in [0.3, 0.4) is 0 Å². The maximum absolute atomic E-state index is 10.7. The molecule has 0 spiro atoms. The van der Waals surface area contributed by atoms with Gasteiger partial charge < -0.3 is 14.4 Å². The Kier molecular flexibility index (Phi) is 2.84. The van der Waals surface area contributed by atoms with E-state index in [1.54, 1.807) is 11.9 Å². The minimum Gasteiger partial charge on any atom is -0.348 e. The maximum atomic E-state index is 10.7. The fraction of sp³-hybridized carbons (Fsp3) is 0.857. The summed E-state index contributed by atoms with van der Waals surface area (Å²) in [5, 5.41) is 0. The van der Waals surface area contributed by atoms with Gasteiger partial charge in [-0.3, -0.25) is 4.79 Å². The molecule has 64 valence electrons. The largest absolute Gasteiger partial charge is 0.348 e. The second-order valence-electron chi connectivity index (χ2n) is 2.57. The van der Waals surface area contributed by atoms with Crippen LogP contribution in [0.1, 0.15) is 6.92 Å². The zero-order valence-electron chi connectivity index (χ0n) is 6.87. The van der Waals surface area contributed by atoms with Crippen molar-refractivity contribution >= 4 is 5.91 Å². The van der Waals surface area contributed by atoms with Crippen molar-refractivity contribution in [2.45, 2.75) is 13.2 Å². The van der Waals surface area contributed by atoms with Gasteiger partial charge in [0.1, 0.15) is 0 Å². The number of likely N-dealkylation sites (N-methyl/N-ethyl adjacent to an activating group) is 1. The lowest BCUT2D eigenvalue weighted by atomic mass is 10.5. The number of hydrogen-bond donors (Lipinski definition) is 0. The monoisotopic (exact) mass is 159 g/mol. The van der Waals surface area contributed by atoms with E-state index in [9.17, 15) is 4.79 Å². The van der Waals surface area contributed by atoms with Crippen LogP contribution in [0.4, 0.5) is 0 Å². The van der Waals surface area contributed by atoms with Crippen LogP contribution in [0, 0.1) is 0 Å². The van der Waals surface area contributed by atoms with Crippen LogP contribution in [0.5, 0.6) is 0 Å². The Balaban J connectivity index is 2.23. The average molecular weight is 159 g/mol. The normalized spacial score (nSPS) is 18.7. The molecule has 11 heavy (non-hydrogen) atoms. The molecule has 1 amide bonds. The topological polar surface area (TPSA) is 38.8 Å². The molecule has 0 N–H and O–H groups in total. The van der Waals surface area contributed by atoms with Gasteiger partial charge >= 0.3 is 0 Å². The summed E-state index contributed by atoms with van der Waals surface area (Å²) >= 11 is 0. The number of ether oxygens (including phenoxy) is 2. The standard InChI is InChI=1S/C7H13NO3/c1-6(9)8(2)5-7-10-3-4-11-7/h7H,3-5H2,1-2H3. The van der Waals surface area contributed by atoms with E-state index in [1.807, 2.05) is 0 Å². The Bertz CT molecular complexity index is 143.